The number of aryl methyl sites for hydroxylation is 1. The molecule has 4 nitrogen and oxygen atoms in total. The van der Waals surface area contributed by atoms with Gasteiger partial charge >= 0.3 is 0 Å². The highest BCUT2D eigenvalue weighted by Crippen LogP contribution is 2.11. The molecule has 0 saturated heterocycles. The number of hydrogen-bond acceptors (Lipinski definition) is 4. The molecule has 1 N–H and O–H groups in total. The first-order valence-corrected chi connectivity index (χ1v) is 5.30. The Hall–Kier alpha value is -1.60. The first-order valence-electron chi connectivity index (χ1n) is 5.30. The molecule has 0 aliphatic rings. The molecule has 1 unspecified atom stereocenters. The second-order valence-electron chi connectivity index (χ2n) is 3.80. The van der Waals surface area contributed by atoms with Crippen molar-refractivity contribution in [2.75, 3.05) is 19.0 Å². The van der Waals surface area contributed by atoms with Crippen molar-refractivity contribution in [2.45, 2.75) is 26.3 Å². The molecule has 0 amide bonds. The van der Waals surface area contributed by atoms with Crippen LogP contribution in [0, 0.1) is 18.3 Å². The molecule has 0 radical (unpaired) electrons. The molecule has 0 aliphatic heterocycles. The van der Waals surface area contributed by atoms with E-state index in [0.29, 0.717) is 12.3 Å². The highest BCUT2D eigenvalue weighted by atomic mass is 16.5. The van der Waals surface area contributed by atoms with Crippen LogP contribution in [0.1, 0.15) is 24.6 Å². The van der Waals surface area contributed by atoms with Gasteiger partial charge in [-0.25, -0.2) is 4.98 Å². The average molecular weight is 219 g/mol. The second kappa shape index (κ2) is 6.09. The van der Waals surface area contributed by atoms with Crippen molar-refractivity contribution in [1.82, 2.24) is 4.98 Å². The van der Waals surface area contributed by atoms with Crippen LogP contribution in [0.3, 0.4) is 0 Å². The molecule has 4 heteroatoms. The number of ether oxygens (including phenoxy) is 1. The second-order valence-corrected chi connectivity index (χ2v) is 3.80. The van der Waals surface area contributed by atoms with E-state index in [0.717, 1.165) is 17.8 Å². The third kappa shape index (κ3) is 3.52. The molecule has 0 spiro atoms. The van der Waals surface area contributed by atoms with E-state index in [1.807, 2.05) is 19.1 Å². The number of hydrogen-bond donors (Lipinski definition) is 1. The Bertz CT molecular complexity index is 384. The van der Waals surface area contributed by atoms with Crippen molar-refractivity contribution >= 4 is 5.82 Å². The first-order chi connectivity index (χ1) is 7.67. The molecule has 0 bridgehead atoms. The van der Waals surface area contributed by atoms with Gasteiger partial charge in [-0.05, 0) is 31.9 Å². The number of nitriles is 1. The summed E-state index contributed by atoms with van der Waals surface area (Å²) in [5.41, 5.74) is 1.38. The van der Waals surface area contributed by atoms with Crippen molar-refractivity contribution in [3.63, 3.8) is 0 Å². The van der Waals surface area contributed by atoms with Gasteiger partial charge in [-0.2, -0.15) is 5.26 Å². The molecule has 0 saturated carbocycles. The summed E-state index contributed by atoms with van der Waals surface area (Å²) in [4.78, 5) is 4.23. The molecule has 0 aromatic carbocycles. The summed E-state index contributed by atoms with van der Waals surface area (Å²) in [6.45, 7) is 4.65. The van der Waals surface area contributed by atoms with E-state index >= 15 is 0 Å². The van der Waals surface area contributed by atoms with E-state index in [2.05, 4.69) is 23.3 Å². The molecule has 0 fully saturated rings. The summed E-state index contributed by atoms with van der Waals surface area (Å²) in [6, 6.07) is 6.14. The van der Waals surface area contributed by atoms with Gasteiger partial charge in [0.25, 0.3) is 0 Å². The number of pyridine rings is 1. The van der Waals surface area contributed by atoms with Gasteiger partial charge in [0, 0.05) is 19.8 Å². The Morgan fingerprint density at radius 2 is 2.31 bits per heavy atom. The Morgan fingerprint density at radius 1 is 1.56 bits per heavy atom. The van der Waals surface area contributed by atoms with Gasteiger partial charge in [0.15, 0.2) is 0 Å². The molecular weight excluding hydrogens is 202 g/mol. The average Bonchev–Trinajstić information content (AvgIpc) is 2.29. The maximum atomic E-state index is 8.86. The largest absolute Gasteiger partial charge is 0.385 e. The van der Waals surface area contributed by atoms with E-state index < -0.39 is 0 Å². The van der Waals surface area contributed by atoms with Crippen LogP contribution in [0.5, 0.6) is 0 Å². The fourth-order valence-corrected chi connectivity index (χ4v) is 1.34. The van der Waals surface area contributed by atoms with E-state index in [1.54, 1.807) is 7.11 Å². The van der Waals surface area contributed by atoms with Crippen LogP contribution in [0.2, 0.25) is 0 Å². The molecule has 16 heavy (non-hydrogen) atoms. The van der Waals surface area contributed by atoms with Crippen LogP contribution in [0.4, 0.5) is 5.82 Å². The van der Waals surface area contributed by atoms with Gasteiger partial charge in [0.1, 0.15) is 17.6 Å². The van der Waals surface area contributed by atoms with Crippen LogP contribution in [0.15, 0.2) is 12.1 Å². The molecule has 1 heterocycles. The van der Waals surface area contributed by atoms with Crippen LogP contribution < -0.4 is 5.32 Å². The lowest BCUT2D eigenvalue weighted by atomic mass is 10.2. The SMILES string of the molecule is COCCC(C)Nc1ccc(C)c(C#N)n1. The van der Waals surface area contributed by atoms with Crippen molar-refractivity contribution < 1.29 is 4.74 Å². The third-order valence-electron chi connectivity index (χ3n) is 2.35. The predicted molar refractivity (Wildman–Crippen MR) is 63.3 cm³/mol. The zero-order valence-electron chi connectivity index (χ0n) is 9.95. The number of anilines is 1. The van der Waals surface area contributed by atoms with Gasteiger partial charge in [-0.1, -0.05) is 6.07 Å². The summed E-state index contributed by atoms with van der Waals surface area (Å²) >= 11 is 0. The zero-order chi connectivity index (χ0) is 12.0. The minimum Gasteiger partial charge on any atom is -0.385 e. The molecule has 1 aromatic rings. The lowest BCUT2D eigenvalue weighted by Crippen LogP contribution is -2.18. The molecule has 0 aliphatic carbocycles. The standard InChI is InChI=1S/C12H17N3O/c1-9-4-5-12(15-11(9)8-13)14-10(2)6-7-16-3/h4-5,10H,6-7H2,1-3H3,(H,14,15). The van der Waals surface area contributed by atoms with E-state index in [9.17, 15) is 0 Å². The van der Waals surface area contributed by atoms with Crippen LogP contribution >= 0.6 is 0 Å². The molecular formula is C12H17N3O. The Kier molecular flexibility index (Phi) is 4.74. The summed E-state index contributed by atoms with van der Waals surface area (Å²) < 4.78 is 5.00. The molecule has 86 valence electrons. The van der Waals surface area contributed by atoms with Gasteiger partial charge < -0.3 is 10.1 Å². The maximum absolute atomic E-state index is 8.86. The third-order valence-corrected chi connectivity index (χ3v) is 2.35. The van der Waals surface area contributed by atoms with Gasteiger partial charge in [0.05, 0.1) is 0 Å². The number of nitrogens with zero attached hydrogens (tertiary/aromatic N) is 2. The number of rotatable bonds is 5. The summed E-state index contributed by atoms with van der Waals surface area (Å²) in [6.07, 6.45) is 0.911. The van der Waals surface area contributed by atoms with Crippen LogP contribution in [-0.2, 0) is 4.74 Å². The fraction of sp³-hybridized carbons (Fsp3) is 0.500. The van der Waals surface area contributed by atoms with Crippen molar-refractivity contribution in [3.05, 3.63) is 23.4 Å². The number of nitrogens with one attached hydrogen (secondary N) is 1. The monoisotopic (exact) mass is 219 g/mol. The van der Waals surface area contributed by atoms with E-state index in [4.69, 9.17) is 10.00 Å². The van der Waals surface area contributed by atoms with Crippen molar-refractivity contribution in [1.29, 1.82) is 5.26 Å². The Labute approximate surface area is 96.3 Å². The lowest BCUT2D eigenvalue weighted by molar-refractivity contribution is 0.191. The zero-order valence-corrected chi connectivity index (χ0v) is 9.95. The molecule has 1 aromatic heterocycles. The lowest BCUT2D eigenvalue weighted by Gasteiger charge is -2.14. The summed E-state index contributed by atoms with van der Waals surface area (Å²) in [5, 5.41) is 12.1. The smallest absolute Gasteiger partial charge is 0.145 e. The van der Waals surface area contributed by atoms with Gasteiger partial charge in [-0.3, -0.25) is 0 Å². The van der Waals surface area contributed by atoms with Gasteiger partial charge in [-0.15, -0.1) is 0 Å². The highest BCUT2D eigenvalue weighted by molar-refractivity contribution is 5.42. The summed E-state index contributed by atoms with van der Waals surface area (Å²) in [5.74, 6) is 0.741. The quantitative estimate of drug-likeness (QED) is 0.824. The fourth-order valence-electron chi connectivity index (χ4n) is 1.34. The topological polar surface area (TPSA) is 57.9 Å². The normalized spacial score (nSPS) is 11.9. The van der Waals surface area contributed by atoms with Crippen LogP contribution in [0.25, 0.3) is 0 Å². The van der Waals surface area contributed by atoms with Crippen molar-refractivity contribution in [3.8, 4) is 6.07 Å². The minimum atomic E-state index is 0.279. The Morgan fingerprint density at radius 3 is 2.94 bits per heavy atom. The minimum absolute atomic E-state index is 0.279. The first kappa shape index (κ1) is 12.5. The van der Waals surface area contributed by atoms with E-state index in [-0.39, 0.29) is 6.04 Å². The molecule has 1 rings (SSSR count). The number of aromatic nitrogens is 1. The Balaban J connectivity index is 2.64. The van der Waals surface area contributed by atoms with Crippen molar-refractivity contribution in [2.24, 2.45) is 0 Å². The summed E-state index contributed by atoms with van der Waals surface area (Å²) in [7, 11) is 1.69. The maximum Gasteiger partial charge on any atom is 0.145 e. The molecule has 1 atom stereocenters. The highest BCUT2D eigenvalue weighted by Gasteiger charge is 2.05. The van der Waals surface area contributed by atoms with Crippen LogP contribution in [-0.4, -0.2) is 24.7 Å². The number of methoxy groups -OCH3 is 1. The predicted octanol–water partition coefficient (Wildman–Crippen LogP) is 2.10. The van der Waals surface area contributed by atoms with Gasteiger partial charge in [0.2, 0.25) is 0 Å². The van der Waals surface area contributed by atoms with E-state index in [1.165, 1.54) is 0 Å².